The Bertz CT molecular complexity index is 326. The molecule has 1 aromatic rings. The molecule has 2 heterocycles. The van der Waals surface area contributed by atoms with Crippen molar-refractivity contribution in [1.82, 2.24) is 9.97 Å². The highest BCUT2D eigenvalue weighted by Crippen LogP contribution is 2.19. The van der Waals surface area contributed by atoms with Crippen molar-refractivity contribution >= 4 is 5.82 Å². The molecule has 2 rings (SSSR count). The van der Waals surface area contributed by atoms with E-state index in [9.17, 15) is 0 Å². The molecule has 4 heteroatoms. The molecule has 0 aliphatic carbocycles. The predicted molar refractivity (Wildman–Crippen MR) is 38.9 cm³/mol. The molecule has 0 saturated heterocycles. The highest BCUT2D eigenvalue weighted by molar-refractivity contribution is 5.53. The lowest BCUT2D eigenvalue weighted by Gasteiger charge is -1.96. The van der Waals surface area contributed by atoms with E-state index in [-0.39, 0.29) is 0 Å². The summed E-state index contributed by atoms with van der Waals surface area (Å²) in [4.78, 5) is 7.85. The maximum absolute atomic E-state index is 8.63. The molecule has 0 fully saturated rings. The van der Waals surface area contributed by atoms with Crippen molar-refractivity contribution < 1.29 is 0 Å². The van der Waals surface area contributed by atoms with Crippen LogP contribution in [0.4, 0.5) is 5.82 Å². The topological polar surface area (TPSA) is 61.6 Å². The Kier molecular flexibility index (Phi) is 1.22. The third-order valence-corrected chi connectivity index (χ3v) is 1.72. The standard InChI is InChI=1S/C7H6N4/c8-3-6-5-1-2-9-7(5)11-4-10-6/h4H,1-2H2,(H,9,10,11). The first-order valence-electron chi connectivity index (χ1n) is 3.39. The second kappa shape index (κ2) is 2.20. The lowest BCUT2D eigenvalue weighted by molar-refractivity contribution is 1.07. The number of nitrogens with one attached hydrogen (secondary N) is 1. The van der Waals surface area contributed by atoms with Gasteiger partial charge in [-0.2, -0.15) is 5.26 Å². The van der Waals surface area contributed by atoms with Crippen LogP contribution in [-0.4, -0.2) is 16.5 Å². The highest BCUT2D eigenvalue weighted by Gasteiger charge is 2.15. The molecule has 0 saturated carbocycles. The average molecular weight is 146 g/mol. The number of rotatable bonds is 0. The highest BCUT2D eigenvalue weighted by atomic mass is 15.0. The Morgan fingerprint density at radius 3 is 3.27 bits per heavy atom. The molecule has 1 aromatic heterocycles. The van der Waals surface area contributed by atoms with E-state index >= 15 is 0 Å². The normalized spacial score (nSPS) is 13.4. The van der Waals surface area contributed by atoms with Gasteiger partial charge in [0.15, 0.2) is 0 Å². The fourth-order valence-corrected chi connectivity index (χ4v) is 1.20. The SMILES string of the molecule is N#Cc1ncnc2c1CCN2. The summed E-state index contributed by atoms with van der Waals surface area (Å²) in [5.74, 6) is 0.816. The molecule has 0 unspecified atom stereocenters. The van der Waals surface area contributed by atoms with E-state index in [2.05, 4.69) is 15.3 Å². The van der Waals surface area contributed by atoms with Crippen LogP contribution in [-0.2, 0) is 6.42 Å². The summed E-state index contributed by atoms with van der Waals surface area (Å²) in [6.45, 7) is 0.864. The number of fused-ring (bicyclic) bond motifs is 1. The minimum absolute atomic E-state index is 0.500. The lowest BCUT2D eigenvalue weighted by Crippen LogP contribution is -1.93. The zero-order chi connectivity index (χ0) is 7.68. The summed E-state index contributed by atoms with van der Waals surface area (Å²) in [5.41, 5.74) is 1.45. The Balaban J connectivity index is 2.61. The van der Waals surface area contributed by atoms with E-state index in [0.29, 0.717) is 5.69 Å². The maximum atomic E-state index is 8.63. The molecule has 0 bridgehead atoms. The smallest absolute Gasteiger partial charge is 0.149 e. The average Bonchev–Trinajstić information content (AvgIpc) is 2.50. The predicted octanol–water partition coefficient (Wildman–Crippen LogP) is 0.316. The van der Waals surface area contributed by atoms with E-state index in [4.69, 9.17) is 5.26 Å². The van der Waals surface area contributed by atoms with Crippen molar-refractivity contribution in [3.63, 3.8) is 0 Å². The van der Waals surface area contributed by atoms with E-state index in [1.165, 1.54) is 6.33 Å². The molecule has 1 N–H and O–H groups in total. The second-order valence-electron chi connectivity index (χ2n) is 2.34. The lowest BCUT2D eigenvalue weighted by atomic mass is 10.2. The largest absolute Gasteiger partial charge is 0.369 e. The van der Waals surface area contributed by atoms with E-state index in [1.807, 2.05) is 6.07 Å². The summed E-state index contributed by atoms with van der Waals surface area (Å²) < 4.78 is 0. The molecule has 0 radical (unpaired) electrons. The Morgan fingerprint density at radius 1 is 1.55 bits per heavy atom. The second-order valence-corrected chi connectivity index (χ2v) is 2.34. The van der Waals surface area contributed by atoms with Crippen LogP contribution in [0.2, 0.25) is 0 Å². The van der Waals surface area contributed by atoms with Gasteiger partial charge in [0.25, 0.3) is 0 Å². The number of nitriles is 1. The molecule has 0 atom stereocenters. The summed E-state index contributed by atoms with van der Waals surface area (Å²) in [6.07, 6.45) is 2.27. The van der Waals surface area contributed by atoms with Gasteiger partial charge in [-0.25, -0.2) is 9.97 Å². The molecule has 0 aromatic carbocycles. The number of anilines is 1. The third-order valence-electron chi connectivity index (χ3n) is 1.72. The van der Waals surface area contributed by atoms with E-state index in [1.54, 1.807) is 0 Å². The summed E-state index contributed by atoms with van der Waals surface area (Å²) in [7, 11) is 0. The zero-order valence-electron chi connectivity index (χ0n) is 5.83. The minimum Gasteiger partial charge on any atom is -0.369 e. The maximum Gasteiger partial charge on any atom is 0.149 e. The van der Waals surface area contributed by atoms with Crippen molar-refractivity contribution in [3.05, 3.63) is 17.6 Å². The zero-order valence-corrected chi connectivity index (χ0v) is 5.83. The first kappa shape index (κ1) is 6.10. The Labute approximate surface area is 63.9 Å². The summed E-state index contributed by atoms with van der Waals surface area (Å²) >= 11 is 0. The monoisotopic (exact) mass is 146 g/mol. The van der Waals surface area contributed by atoms with Gasteiger partial charge in [0.1, 0.15) is 23.9 Å². The van der Waals surface area contributed by atoms with Gasteiger partial charge in [0, 0.05) is 12.1 Å². The van der Waals surface area contributed by atoms with Crippen molar-refractivity contribution in [1.29, 1.82) is 5.26 Å². The van der Waals surface area contributed by atoms with Crippen LogP contribution < -0.4 is 5.32 Å². The van der Waals surface area contributed by atoms with E-state index in [0.717, 1.165) is 24.3 Å². The number of aromatic nitrogens is 2. The molecular weight excluding hydrogens is 140 g/mol. The van der Waals surface area contributed by atoms with Crippen LogP contribution in [0.3, 0.4) is 0 Å². The minimum atomic E-state index is 0.500. The van der Waals surface area contributed by atoms with Crippen LogP contribution in [0.1, 0.15) is 11.3 Å². The molecule has 4 nitrogen and oxygen atoms in total. The molecule has 0 amide bonds. The first-order chi connectivity index (χ1) is 5.42. The van der Waals surface area contributed by atoms with Gasteiger partial charge in [-0.15, -0.1) is 0 Å². The van der Waals surface area contributed by atoms with Crippen molar-refractivity contribution in [2.24, 2.45) is 0 Å². The third kappa shape index (κ3) is 0.819. The van der Waals surface area contributed by atoms with Gasteiger partial charge in [0.05, 0.1) is 0 Å². The summed E-state index contributed by atoms with van der Waals surface area (Å²) in [5, 5.41) is 11.7. The number of hydrogen-bond acceptors (Lipinski definition) is 4. The van der Waals surface area contributed by atoms with E-state index < -0.39 is 0 Å². The summed E-state index contributed by atoms with van der Waals surface area (Å²) in [6, 6.07) is 2.04. The Hall–Kier alpha value is -1.63. The van der Waals surface area contributed by atoms with Crippen molar-refractivity contribution in [2.75, 3.05) is 11.9 Å². The van der Waals surface area contributed by atoms with Gasteiger partial charge >= 0.3 is 0 Å². The fourth-order valence-electron chi connectivity index (χ4n) is 1.20. The fraction of sp³-hybridized carbons (Fsp3) is 0.286. The van der Waals surface area contributed by atoms with Gasteiger partial charge in [0.2, 0.25) is 0 Å². The molecule has 54 valence electrons. The van der Waals surface area contributed by atoms with Crippen molar-refractivity contribution in [3.8, 4) is 6.07 Å². The first-order valence-corrected chi connectivity index (χ1v) is 3.39. The number of hydrogen-bond donors (Lipinski definition) is 1. The molecule has 11 heavy (non-hydrogen) atoms. The Morgan fingerprint density at radius 2 is 2.45 bits per heavy atom. The quantitative estimate of drug-likeness (QED) is 0.572. The van der Waals surface area contributed by atoms with Gasteiger partial charge in [-0.3, -0.25) is 0 Å². The number of nitrogens with zero attached hydrogens (tertiary/aromatic N) is 3. The molecular formula is C7H6N4. The van der Waals surface area contributed by atoms with Gasteiger partial charge in [-0.1, -0.05) is 0 Å². The van der Waals surface area contributed by atoms with Crippen LogP contribution in [0.5, 0.6) is 0 Å². The van der Waals surface area contributed by atoms with Crippen molar-refractivity contribution in [2.45, 2.75) is 6.42 Å². The molecule has 1 aliphatic rings. The van der Waals surface area contributed by atoms with Crippen LogP contribution in [0.15, 0.2) is 6.33 Å². The van der Waals surface area contributed by atoms with Gasteiger partial charge in [-0.05, 0) is 6.42 Å². The van der Waals surface area contributed by atoms with Crippen LogP contribution in [0, 0.1) is 11.3 Å². The van der Waals surface area contributed by atoms with Gasteiger partial charge < -0.3 is 5.32 Å². The molecule has 0 spiro atoms. The van der Waals surface area contributed by atoms with Crippen LogP contribution >= 0.6 is 0 Å². The molecule has 1 aliphatic heterocycles. The van der Waals surface area contributed by atoms with Crippen LogP contribution in [0.25, 0.3) is 0 Å².